The second-order valence-corrected chi connectivity index (χ2v) is 3.64. The van der Waals surface area contributed by atoms with Crippen molar-refractivity contribution in [2.24, 2.45) is 0 Å². The van der Waals surface area contributed by atoms with Crippen molar-refractivity contribution in [2.45, 2.75) is 25.7 Å². The van der Waals surface area contributed by atoms with Crippen LogP contribution in [-0.2, 0) is 6.42 Å². The topological polar surface area (TPSA) is 17.1 Å². The lowest BCUT2D eigenvalue weighted by atomic mass is 10.0. The van der Waals surface area contributed by atoms with E-state index in [1.165, 1.54) is 0 Å². The molecule has 0 spiro atoms. The molecule has 1 aliphatic carbocycles. The van der Waals surface area contributed by atoms with Gasteiger partial charge in [-0.2, -0.15) is 0 Å². The predicted molar refractivity (Wildman–Crippen MR) is 48.2 cm³/mol. The van der Waals surface area contributed by atoms with E-state index >= 15 is 0 Å². The van der Waals surface area contributed by atoms with Crippen molar-refractivity contribution in [3.8, 4) is 0 Å². The zero-order chi connectivity index (χ0) is 11.0. The molecule has 1 aromatic rings. The minimum atomic E-state index is -1.29. The van der Waals surface area contributed by atoms with Gasteiger partial charge >= 0.3 is 0 Å². The maximum absolute atomic E-state index is 13.3. The lowest BCUT2D eigenvalue weighted by Crippen LogP contribution is -2.08. The summed E-state index contributed by atoms with van der Waals surface area (Å²) in [6.45, 7) is 0. The van der Waals surface area contributed by atoms with Crippen LogP contribution in [0.1, 0.15) is 35.2 Å². The van der Waals surface area contributed by atoms with E-state index in [9.17, 15) is 18.0 Å². The molecule has 0 atom stereocenters. The first-order chi connectivity index (χ1) is 7.11. The second kappa shape index (κ2) is 3.68. The van der Waals surface area contributed by atoms with Gasteiger partial charge in [0.25, 0.3) is 0 Å². The molecule has 0 radical (unpaired) electrons. The van der Waals surface area contributed by atoms with Crippen molar-refractivity contribution >= 4 is 5.78 Å². The first kappa shape index (κ1) is 10.2. The van der Waals surface area contributed by atoms with E-state index < -0.39 is 23.2 Å². The number of Topliss-reactive ketones (excluding diaryl/α,β-unsaturated/α-hetero) is 1. The maximum Gasteiger partial charge on any atom is 0.170 e. The molecule has 0 unspecified atom stereocenters. The molecule has 0 saturated carbocycles. The van der Waals surface area contributed by atoms with E-state index in [0.29, 0.717) is 25.3 Å². The van der Waals surface area contributed by atoms with Crippen LogP contribution < -0.4 is 0 Å². The lowest BCUT2D eigenvalue weighted by molar-refractivity contribution is 0.0976. The summed E-state index contributed by atoms with van der Waals surface area (Å²) >= 11 is 0. The fourth-order valence-corrected chi connectivity index (χ4v) is 1.88. The van der Waals surface area contributed by atoms with Crippen LogP contribution in [0.3, 0.4) is 0 Å². The summed E-state index contributed by atoms with van der Waals surface area (Å²) in [6.07, 6.45) is 1.67. The number of halogens is 3. The van der Waals surface area contributed by atoms with Crippen molar-refractivity contribution in [1.29, 1.82) is 0 Å². The highest BCUT2D eigenvalue weighted by Crippen LogP contribution is 2.27. The summed E-state index contributed by atoms with van der Waals surface area (Å²) in [6, 6.07) is 0.507. The van der Waals surface area contributed by atoms with Crippen LogP contribution >= 0.6 is 0 Å². The second-order valence-electron chi connectivity index (χ2n) is 3.64. The SMILES string of the molecule is O=C1CCCCc2c(F)cc(F)c(F)c21. The highest BCUT2D eigenvalue weighted by atomic mass is 19.2. The Balaban J connectivity index is 2.69. The number of ketones is 1. The number of benzene rings is 1. The van der Waals surface area contributed by atoms with E-state index in [2.05, 4.69) is 0 Å². The standard InChI is InChI=1S/C11H9F3O/c12-7-5-8(13)11(14)10-6(7)3-1-2-4-9(10)15/h5H,1-4H2. The van der Waals surface area contributed by atoms with E-state index in [4.69, 9.17) is 0 Å². The quantitative estimate of drug-likeness (QED) is 0.479. The van der Waals surface area contributed by atoms with Crippen LogP contribution in [-0.4, -0.2) is 5.78 Å². The van der Waals surface area contributed by atoms with E-state index in [-0.39, 0.29) is 17.5 Å². The molecular weight excluding hydrogens is 205 g/mol. The first-order valence-electron chi connectivity index (χ1n) is 4.81. The highest BCUT2D eigenvalue weighted by molar-refractivity contribution is 5.98. The maximum atomic E-state index is 13.3. The Morgan fingerprint density at radius 3 is 2.40 bits per heavy atom. The Kier molecular flexibility index (Phi) is 2.50. The largest absolute Gasteiger partial charge is 0.294 e. The molecule has 0 saturated heterocycles. The van der Waals surface area contributed by atoms with E-state index in [0.717, 1.165) is 0 Å². The van der Waals surface area contributed by atoms with E-state index in [1.807, 2.05) is 0 Å². The molecule has 0 fully saturated rings. The Morgan fingerprint density at radius 1 is 1.00 bits per heavy atom. The zero-order valence-electron chi connectivity index (χ0n) is 7.95. The molecule has 1 nitrogen and oxygen atoms in total. The highest BCUT2D eigenvalue weighted by Gasteiger charge is 2.25. The summed E-state index contributed by atoms with van der Waals surface area (Å²) < 4.78 is 39.5. The minimum absolute atomic E-state index is 0.0244. The molecular formula is C11H9F3O. The third-order valence-electron chi connectivity index (χ3n) is 2.63. The molecule has 2 rings (SSSR count). The van der Waals surface area contributed by atoms with Gasteiger partial charge in [-0.25, -0.2) is 13.2 Å². The number of carbonyl (C=O) groups excluding carboxylic acids is 1. The molecule has 0 aliphatic heterocycles. The molecule has 15 heavy (non-hydrogen) atoms. The molecule has 1 aliphatic rings. The molecule has 0 N–H and O–H groups in total. The van der Waals surface area contributed by atoms with Crippen LogP contribution in [0.25, 0.3) is 0 Å². The Labute approximate surface area is 84.9 Å². The van der Waals surface area contributed by atoms with Gasteiger partial charge in [0.2, 0.25) is 0 Å². The normalized spacial score (nSPS) is 16.1. The van der Waals surface area contributed by atoms with Crippen LogP contribution in [0.2, 0.25) is 0 Å². The van der Waals surface area contributed by atoms with Gasteiger partial charge in [-0.05, 0) is 19.3 Å². The van der Waals surface area contributed by atoms with Crippen molar-refractivity contribution in [3.63, 3.8) is 0 Å². The van der Waals surface area contributed by atoms with Gasteiger partial charge in [0, 0.05) is 18.1 Å². The van der Waals surface area contributed by atoms with Crippen molar-refractivity contribution < 1.29 is 18.0 Å². The van der Waals surface area contributed by atoms with Crippen LogP contribution in [0.5, 0.6) is 0 Å². The molecule has 80 valence electrons. The number of carbonyl (C=O) groups is 1. The summed E-state index contributed by atoms with van der Waals surface area (Å²) in [5.41, 5.74) is -0.360. The average Bonchev–Trinajstić information content (AvgIpc) is 2.37. The molecule has 0 aromatic heterocycles. The van der Waals surface area contributed by atoms with Crippen molar-refractivity contribution in [1.82, 2.24) is 0 Å². The molecule has 0 bridgehead atoms. The number of hydrogen-bond acceptors (Lipinski definition) is 1. The van der Waals surface area contributed by atoms with Crippen molar-refractivity contribution in [2.75, 3.05) is 0 Å². The van der Waals surface area contributed by atoms with Crippen LogP contribution in [0.15, 0.2) is 6.07 Å². The zero-order valence-corrected chi connectivity index (χ0v) is 7.95. The Morgan fingerprint density at radius 2 is 1.67 bits per heavy atom. The van der Waals surface area contributed by atoms with Gasteiger partial charge in [0.15, 0.2) is 17.4 Å². The van der Waals surface area contributed by atoms with Crippen molar-refractivity contribution in [3.05, 3.63) is 34.6 Å². The van der Waals surface area contributed by atoms with Gasteiger partial charge in [-0.3, -0.25) is 4.79 Å². The summed E-state index contributed by atoms with van der Waals surface area (Å²) in [5, 5.41) is 0. The van der Waals surface area contributed by atoms with Crippen LogP contribution in [0, 0.1) is 17.5 Å². The van der Waals surface area contributed by atoms with Gasteiger partial charge < -0.3 is 0 Å². The first-order valence-corrected chi connectivity index (χ1v) is 4.81. The number of fused-ring (bicyclic) bond motifs is 1. The monoisotopic (exact) mass is 214 g/mol. The summed E-state index contributed by atoms with van der Waals surface area (Å²) in [4.78, 5) is 11.5. The fraction of sp³-hybridized carbons (Fsp3) is 0.364. The van der Waals surface area contributed by atoms with Gasteiger partial charge in [0.05, 0.1) is 5.56 Å². The molecule has 4 heteroatoms. The predicted octanol–water partition coefficient (Wildman–Crippen LogP) is 3.01. The average molecular weight is 214 g/mol. The number of hydrogen-bond donors (Lipinski definition) is 0. The molecule has 0 amide bonds. The smallest absolute Gasteiger partial charge is 0.170 e. The Bertz CT molecular complexity index is 426. The molecule has 0 heterocycles. The third-order valence-corrected chi connectivity index (χ3v) is 2.63. The van der Waals surface area contributed by atoms with Gasteiger partial charge in [0.1, 0.15) is 5.82 Å². The molecule has 1 aromatic carbocycles. The summed E-state index contributed by atoms with van der Waals surface area (Å²) in [7, 11) is 0. The minimum Gasteiger partial charge on any atom is -0.294 e. The van der Waals surface area contributed by atoms with Crippen LogP contribution in [0.4, 0.5) is 13.2 Å². The number of rotatable bonds is 0. The fourth-order valence-electron chi connectivity index (χ4n) is 1.88. The van der Waals surface area contributed by atoms with Gasteiger partial charge in [-0.1, -0.05) is 0 Å². The lowest BCUT2D eigenvalue weighted by Gasteiger charge is -2.07. The Hall–Kier alpha value is -1.32. The third kappa shape index (κ3) is 1.64. The van der Waals surface area contributed by atoms with E-state index in [1.54, 1.807) is 0 Å². The summed E-state index contributed by atoms with van der Waals surface area (Å²) in [5.74, 6) is -3.82. The van der Waals surface area contributed by atoms with Gasteiger partial charge in [-0.15, -0.1) is 0 Å².